The maximum atomic E-state index is 10.5. The fraction of sp³-hybridized carbons (Fsp3) is 0.188. The van der Waals surface area contributed by atoms with E-state index >= 15 is 0 Å². The fourth-order valence-corrected chi connectivity index (χ4v) is 2.07. The van der Waals surface area contributed by atoms with Crippen molar-refractivity contribution < 1.29 is 15.0 Å². The number of benzene rings is 2. The largest absolute Gasteiger partial charge is 0.481 e. The lowest BCUT2D eigenvalue weighted by atomic mass is 9.99. The molecule has 0 fully saturated rings. The van der Waals surface area contributed by atoms with E-state index in [4.69, 9.17) is 10.8 Å². The molecule has 0 spiro atoms. The molecule has 1 unspecified atom stereocenters. The van der Waals surface area contributed by atoms with Crippen molar-refractivity contribution in [2.45, 2.75) is 18.9 Å². The molecular formula is C16H17NO3. The van der Waals surface area contributed by atoms with Crippen LogP contribution < -0.4 is 5.73 Å². The second kappa shape index (κ2) is 6.21. The number of para-hydroxylation sites is 1. The number of nitrogen functional groups attached to an aromatic ring is 1. The van der Waals surface area contributed by atoms with Crippen molar-refractivity contribution in [2.24, 2.45) is 0 Å². The molecule has 0 aromatic heterocycles. The van der Waals surface area contributed by atoms with E-state index in [1.165, 1.54) is 0 Å². The van der Waals surface area contributed by atoms with Crippen LogP contribution in [0.1, 0.15) is 24.5 Å². The number of carboxylic acids is 1. The lowest BCUT2D eigenvalue weighted by molar-refractivity contribution is -0.137. The Balaban J connectivity index is 2.14. The molecule has 1 atom stereocenters. The second-order valence-corrected chi connectivity index (χ2v) is 4.66. The number of aliphatic carboxylic acids is 1. The normalized spacial score (nSPS) is 12.1. The standard InChI is InChI=1S/C16H17NO3/c17-14-4-2-1-3-13(14)11-5-7-12(8-6-11)15(18)9-10-16(19)20/h1-8,15,18H,9-10,17H2,(H,19,20). The fourth-order valence-electron chi connectivity index (χ4n) is 2.07. The Morgan fingerprint density at radius 2 is 1.75 bits per heavy atom. The van der Waals surface area contributed by atoms with E-state index in [1.54, 1.807) is 12.1 Å². The van der Waals surface area contributed by atoms with Crippen LogP contribution in [0.15, 0.2) is 48.5 Å². The maximum absolute atomic E-state index is 10.5. The van der Waals surface area contributed by atoms with Crippen molar-refractivity contribution in [3.8, 4) is 11.1 Å². The molecule has 0 bridgehead atoms. The predicted octanol–water partition coefficient (Wildman–Crippen LogP) is 2.83. The van der Waals surface area contributed by atoms with Gasteiger partial charge in [-0.05, 0) is 23.6 Å². The van der Waals surface area contributed by atoms with Crippen molar-refractivity contribution in [3.05, 3.63) is 54.1 Å². The summed E-state index contributed by atoms with van der Waals surface area (Å²) in [4.78, 5) is 10.5. The molecule has 0 heterocycles. The van der Waals surface area contributed by atoms with Crippen LogP contribution in [0, 0.1) is 0 Å². The molecule has 2 aromatic rings. The maximum Gasteiger partial charge on any atom is 0.303 e. The summed E-state index contributed by atoms with van der Waals surface area (Å²) in [6, 6.07) is 14.9. The zero-order chi connectivity index (χ0) is 14.5. The number of anilines is 1. The van der Waals surface area contributed by atoms with Crippen molar-refractivity contribution in [1.29, 1.82) is 0 Å². The third-order valence-corrected chi connectivity index (χ3v) is 3.20. The minimum absolute atomic E-state index is 0.0471. The average molecular weight is 271 g/mol. The molecule has 4 N–H and O–H groups in total. The van der Waals surface area contributed by atoms with E-state index in [1.807, 2.05) is 36.4 Å². The first-order valence-corrected chi connectivity index (χ1v) is 6.42. The van der Waals surface area contributed by atoms with Crippen LogP contribution in [0.5, 0.6) is 0 Å². The van der Waals surface area contributed by atoms with Gasteiger partial charge in [0.25, 0.3) is 0 Å². The van der Waals surface area contributed by atoms with Gasteiger partial charge in [-0.2, -0.15) is 0 Å². The molecule has 4 heteroatoms. The number of carboxylic acid groups (broad SMARTS) is 1. The molecule has 2 aromatic carbocycles. The number of hydrogen-bond acceptors (Lipinski definition) is 3. The molecule has 0 aliphatic heterocycles. The van der Waals surface area contributed by atoms with E-state index in [2.05, 4.69) is 0 Å². The number of carbonyl (C=O) groups is 1. The van der Waals surface area contributed by atoms with Gasteiger partial charge in [-0.25, -0.2) is 0 Å². The van der Waals surface area contributed by atoms with Gasteiger partial charge in [0.2, 0.25) is 0 Å². The highest BCUT2D eigenvalue weighted by atomic mass is 16.4. The van der Waals surface area contributed by atoms with Gasteiger partial charge in [-0.1, -0.05) is 42.5 Å². The third-order valence-electron chi connectivity index (χ3n) is 3.20. The quantitative estimate of drug-likeness (QED) is 0.730. The highest BCUT2D eigenvalue weighted by Gasteiger charge is 2.10. The zero-order valence-corrected chi connectivity index (χ0v) is 11.0. The Morgan fingerprint density at radius 1 is 1.10 bits per heavy atom. The van der Waals surface area contributed by atoms with Crippen LogP contribution in [0.2, 0.25) is 0 Å². The highest BCUT2D eigenvalue weighted by Crippen LogP contribution is 2.27. The monoisotopic (exact) mass is 271 g/mol. The van der Waals surface area contributed by atoms with Crippen LogP contribution in [0.3, 0.4) is 0 Å². The van der Waals surface area contributed by atoms with Crippen LogP contribution in [-0.4, -0.2) is 16.2 Å². The number of nitrogens with two attached hydrogens (primary N) is 1. The first kappa shape index (κ1) is 14.1. The van der Waals surface area contributed by atoms with E-state index < -0.39 is 12.1 Å². The van der Waals surface area contributed by atoms with Crippen LogP contribution in [0.4, 0.5) is 5.69 Å². The summed E-state index contributed by atoms with van der Waals surface area (Å²) in [7, 11) is 0. The molecule has 0 radical (unpaired) electrons. The molecule has 20 heavy (non-hydrogen) atoms. The number of rotatable bonds is 5. The van der Waals surface area contributed by atoms with Crippen LogP contribution in [-0.2, 0) is 4.79 Å². The minimum atomic E-state index is -0.905. The smallest absolute Gasteiger partial charge is 0.303 e. The summed E-state index contributed by atoms with van der Waals surface area (Å²) < 4.78 is 0. The zero-order valence-electron chi connectivity index (χ0n) is 11.0. The Kier molecular flexibility index (Phi) is 4.38. The Labute approximate surface area is 117 Å². The molecular weight excluding hydrogens is 254 g/mol. The van der Waals surface area contributed by atoms with E-state index in [9.17, 15) is 9.90 Å². The first-order chi connectivity index (χ1) is 9.58. The molecule has 4 nitrogen and oxygen atoms in total. The summed E-state index contributed by atoms with van der Waals surface area (Å²) in [5, 5.41) is 18.5. The van der Waals surface area contributed by atoms with Crippen molar-refractivity contribution >= 4 is 11.7 Å². The van der Waals surface area contributed by atoms with Gasteiger partial charge in [-0.3, -0.25) is 4.79 Å². The first-order valence-electron chi connectivity index (χ1n) is 6.42. The van der Waals surface area contributed by atoms with Gasteiger partial charge in [-0.15, -0.1) is 0 Å². The molecule has 0 aliphatic rings. The lowest BCUT2D eigenvalue weighted by Gasteiger charge is -2.11. The summed E-state index contributed by atoms with van der Waals surface area (Å²) in [6.45, 7) is 0. The van der Waals surface area contributed by atoms with Crippen LogP contribution >= 0.6 is 0 Å². The van der Waals surface area contributed by atoms with E-state index in [0.717, 1.165) is 11.1 Å². The SMILES string of the molecule is Nc1ccccc1-c1ccc(C(O)CCC(=O)O)cc1. The summed E-state index contributed by atoms with van der Waals surface area (Å²) >= 11 is 0. The topological polar surface area (TPSA) is 83.5 Å². The summed E-state index contributed by atoms with van der Waals surface area (Å²) in [5.74, 6) is -0.905. The molecule has 2 rings (SSSR count). The summed E-state index contributed by atoms with van der Waals surface area (Å²) in [5.41, 5.74) is 9.24. The lowest BCUT2D eigenvalue weighted by Crippen LogP contribution is -2.02. The molecule has 104 valence electrons. The third kappa shape index (κ3) is 3.36. The number of aliphatic hydroxyl groups is 1. The summed E-state index contributed by atoms with van der Waals surface area (Å²) in [6.07, 6.45) is -0.593. The van der Waals surface area contributed by atoms with Gasteiger partial charge in [0.05, 0.1) is 6.10 Å². The van der Waals surface area contributed by atoms with Gasteiger partial charge in [0, 0.05) is 17.7 Å². The van der Waals surface area contributed by atoms with Gasteiger partial charge in [0.1, 0.15) is 0 Å². The van der Waals surface area contributed by atoms with Crippen molar-refractivity contribution in [2.75, 3.05) is 5.73 Å². The van der Waals surface area contributed by atoms with Gasteiger partial charge >= 0.3 is 5.97 Å². The average Bonchev–Trinajstić information content (AvgIpc) is 2.45. The number of aliphatic hydroxyl groups excluding tert-OH is 1. The Bertz CT molecular complexity index is 593. The Hall–Kier alpha value is -2.33. The molecule has 0 aliphatic carbocycles. The van der Waals surface area contributed by atoms with Crippen molar-refractivity contribution in [1.82, 2.24) is 0 Å². The van der Waals surface area contributed by atoms with Gasteiger partial charge in [0.15, 0.2) is 0 Å². The van der Waals surface area contributed by atoms with Crippen LogP contribution in [0.25, 0.3) is 11.1 Å². The van der Waals surface area contributed by atoms with Gasteiger partial charge < -0.3 is 15.9 Å². The molecule has 0 saturated carbocycles. The highest BCUT2D eigenvalue weighted by molar-refractivity contribution is 5.76. The number of hydrogen-bond donors (Lipinski definition) is 3. The Morgan fingerprint density at radius 3 is 2.35 bits per heavy atom. The van der Waals surface area contributed by atoms with E-state index in [0.29, 0.717) is 11.3 Å². The molecule has 0 amide bonds. The predicted molar refractivity (Wildman–Crippen MR) is 78.1 cm³/mol. The minimum Gasteiger partial charge on any atom is -0.481 e. The second-order valence-electron chi connectivity index (χ2n) is 4.66. The van der Waals surface area contributed by atoms with E-state index in [-0.39, 0.29) is 12.8 Å². The van der Waals surface area contributed by atoms with Crippen molar-refractivity contribution in [3.63, 3.8) is 0 Å². The molecule has 0 saturated heterocycles.